The molecule has 0 fully saturated rings. The van der Waals surface area contributed by atoms with E-state index in [2.05, 4.69) is 41.5 Å². The highest BCUT2D eigenvalue weighted by molar-refractivity contribution is 7.99. The number of carbonyl (C=O) groups is 1. The number of para-hydroxylation sites is 1. The third-order valence-corrected chi connectivity index (χ3v) is 6.64. The van der Waals surface area contributed by atoms with Gasteiger partial charge >= 0.3 is 0 Å². The summed E-state index contributed by atoms with van der Waals surface area (Å²) < 4.78 is 1.96. The van der Waals surface area contributed by atoms with Crippen molar-refractivity contribution in [3.63, 3.8) is 0 Å². The van der Waals surface area contributed by atoms with Crippen LogP contribution < -0.4 is 5.32 Å². The van der Waals surface area contributed by atoms with Crippen LogP contribution in [0.2, 0.25) is 5.02 Å². The van der Waals surface area contributed by atoms with Crippen molar-refractivity contribution >= 4 is 35.0 Å². The van der Waals surface area contributed by atoms with Gasteiger partial charge in [-0.1, -0.05) is 67.5 Å². The molecule has 0 radical (unpaired) electrons. The van der Waals surface area contributed by atoms with Crippen molar-refractivity contribution in [1.29, 1.82) is 0 Å². The van der Waals surface area contributed by atoms with Crippen molar-refractivity contribution < 1.29 is 4.79 Å². The summed E-state index contributed by atoms with van der Waals surface area (Å²) in [5.41, 5.74) is 3.89. The predicted molar refractivity (Wildman–Crippen MR) is 136 cm³/mol. The Hall–Kier alpha value is -3.09. The Bertz CT molecular complexity index is 1210. The van der Waals surface area contributed by atoms with Gasteiger partial charge in [-0.3, -0.25) is 9.36 Å². The van der Waals surface area contributed by atoms with E-state index in [0.29, 0.717) is 21.9 Å². The highest BCUT2D eigenvalue weighted by Gasteiger charge is 2.17. The first-order chi connectivity index (χ1) is 16.0. The molecule has 0 bridgehead atoms. The van der Waals surface area contributed by atoms with Crippen molar-refractivity contribution in [3.05, 3.63) is 89.4 Å². The van der Waals surface area contributed by atoms with Crippen LogP contribution in [0.15, 0.2) is 84.0 Å². The number of thioether (sulfide) groups is 1. The Labute approximate surface area is 203 Å². The number of anilines is 1. The molecule has 1 atom stereocenters. The molecule has 5 nitrogen and oxygen atoms in total. The number of benzene rings is 3. The van der Waals surface area contributed by atoms with Gasteiger partial charge in [0.25, 0.3) is 0 Å². The molecule has 4 rings (SSSR count). The van der Waals surface area contributed by atoms with E-state index in [9.17, 15) is 4.79 Å². The van der Waals surface area contributed by atoms with Gasteiger partial charge in [0.1, 0.15) is 0 Å². The Morgan fingerprint density at radius 3 is 2.36 bits per heavy atom. The maximum Gasteiger partial charge on any atom is 0.234 e. The lowest BCUT2D eigenvalue weighted by molar-refractivity contribution is -0.113. The maximum absolute atomic E-state index is 12.6. The van der Waals surface area contributed by atoms with E-state index in [1.165, 1.54) is 17.3 Å². The van der Waals surface area contributed by atoms with Gasteiger partial charge in [-0.25, -0.2) is 0 Å². The van der Waals surface area contributed by atoms with Crippen LogP contribution in [0, 0.1) is 0 Å². The summed E-state index contributed by atoms with van der Waals surface area (Å²) in [6.45, 7) is 4.37. The summed E-state index contributed by atoms with van der Waals surface area (Å²) in [4.78, 5) is 12.6. The zero-order chi connectivity index (χ0) is 23.2. The standard InChI is InChI=1S/C26H25ClN4OS/c1-3-18(2)19-11-15-22(16-12-19)28-24(32)17-33-26-30-29-25(20-9-13-21(27)14-10-20)31(26)23-7-5-4-6-8-23/h4-16,18H,3,17H2,1-2H3,(H,28,32)/t18-/m0/s1. The molecule has 168 valence electrons. The Balaban J connectivity index is 1.51. The highest BCUT2D eigenvalue weighted by atomic mass is 35.5. The second kappa shape index (κ2) is 10.7. The fourth-order valence-electron chi connectivity index (χ4n) is 3.42. The van der Waals surface area contributed by atoms with Gasteiger partial charge in [-0.2, -0.15) is 0 Å². The van der Waals surface area contributed by atoms with Gasteiger partial charge in [0, 0.05) is 22.0 Å². The normalized spacial score (nSPS) is 11.8. The van der Waals surface area contributed by atoms with Crippen molar-refractivity contribution in [2.45, 2.75) is 31.3 Å². The number of aromatic nitrogens is 3. The number of rotatable bonds is 8. The molecule has 0 unspecified atom stereocenters. The van der Waals surface area contributed by atoms with Crippen LogP contribution in [0.4, 0.5) is 5.69 Å². The number of nitrogens with one attached hydrogen (secondary N) is 1. The average Bonchev–Trinajstić information content (AvgIpc) is 3.27. The van der Waals surface area contributed by atoms with Crippen molar-refractivity contribution in [2.75, 3.05) is 11.1 Å². The van der Waals surface area contributed by atoms with Crippen LogP contribution in [-0.2, 0) is 4.79 Å². The Kier molecular flexibility index (Phi) is 7.47. The minimum absolute atomic E-state index is 0.0908. The van der Waals surface area contributed by atoms with Gasteiger partial charge in [0.05, 0.1) is 5.75 Å². The fraction of sp³-hybridized carbons (Fsp3) is 0.192. The SMILES string of the molecule is CC[C@H](C)c1ccc(NC(=O)CSc2nnc(-c3ccc(Cl)cc3)n2-c2ccccc2)cc1. The van der Waals surface area contributed by atoms with Crippen LogP contribution in [0.1, 0.15) is 31.7 Å². The molecule has 3 aromatic carbocycles. The summed E-state index contributed by atoms with van der Waals surface area (Å²) in [6.07, 6.45) is 1.09. The summed E-state index contributed by atoms with van der Waals surface area (Å²) in [6, 6.07) is 25.4. The van der Waals surface area contributed by atoms with Gasteiger partial charge in [0.15, 0.2) is 11.0 Å². The summed E-state index contributed by atoms with van der Waals surface area (Å²) >= 11 is 7.40. The summed E-state index contributed by atoms with van der Waals surface area (Å²) in [5, 5.41) is 13.1. The monoisotopic (exact) mass is 476 g/mol. The van der Waals surface area contributed by atoms with Gasteiger partial charge in [-0.05, 0) is 66.4 Å². The number of amides is 1. The average molecular weight is 477 g/mol. The second-order valence-corrected chi connectivity index (χ2v) is 9.13. The minimum atomic E-state index is -0.0908. The van der Waals surface area contributed by atoms with Crippen molar-refractivity contribution in [3.8, 4) is 17.1 Å². The molecule has 0 aliphatic carbocycles. The summed E-state index contributed by atoms with van der Waals surface area (Å²) in [5.74, 6) is 1.33. The molecular formula is C26H25ClN4OS. The second-order valence-electron chi connectivity index (χ2n) is 7.75. The molecular weight excluding hydrogens is 452 g/mol. The molecule has 7 heteroatoms. The van der Waals surface area contributed by atoms with E-state index in [-0.39, 0.29) is 11.7 Å². The summed E-state index contributed by atoms with van der Waals surface area (Å²) in [7, 11) is 0. The molecule has 1 N–H and O–H groups in total. The van der Waals surface area contributed by atoms with E-state index in [4.69, 9.17) is 11.6 Å². The van der Waals surface area contributed by atoms with Crippen LogP contribution in [-0.4, -0.2) is 26.4 Å². The van der Waals surface area contributed by atoms with Gasteiger partial charge in [-0.15, -0.1) is 10.2 Å². The van der Waals surface area contributed by atoms with Crippen LogP contribution in [0.25, 0.3) is 17.1 Å². The molecule has 0 aliphatic heterocycles. The maximum atomic E-state index is 12.6. The Morgan fingerprint density at radius 2 is 1.70 bits per heavy atom. The zero-order valence-corrected chi connectivity index (χ0v) is 20.1. The predicted octanol–water partition coefficient (Wildman–Crippen LogP) is 6.83. The van der Waals surface area contributed by atoms with Crippen LogP contribution >= 0.6 is 23.4 Å². The third kappa shape index (κ3) is 5.64. The van der Waals surface area contributed by atoms with E-state index in [0.717, 1.165) is 23.4 Å². The molecule has 33 heavy (non-hydrogen) atoms. The molecule has 1 amide bonds. The molecule has 1 aromatic heterocycles. The van der Waals surface area contributed by atoms with Crippen molar-refractivity contribution in [2.24, 2.45) is 0 Å². The lowest BCUT2D eigenvalue weighted by atomic mass is 9.99. The smallest absolute Gasteiger partial charge is 0.234 e. The molecule has 0 saturated heterocycles. The first-order valence-electron chi connectivity index (χ1n) is 10.8. The molecule has 0 spiro atoms. The van der Waals surface area contributed by atoms with Crippen molar-refractivity contribution in [1.82, 2.24) is 14.8 Å². The number of halogens is 1. The molecule has 0 aliphatic rings. The quantitative estimate of drug-likeness (QED) is 0.283. The number of nitrogens with zero attached hydrogens (tertiary/aromatic N) is 3. The Morgan fingerprint density at radius 1 is 1.00 bits per heavy atom. The number of hydrogen-bond donors (Lipinski definition) is 1. The lowest BCUT2D eigenvalue weighted by Gasteiger charge is -2.11. The van der Waals surface area contributed by atoms with E-state index < -0.39 is 0 Å². The highest BCUT2D eigenvalue weighted by Crippen LogP contribution is 2.29. The number of hydrogen-bond acceptors (Lipinski definition) is 4. The van der Waals surface area contributed by atoms with E-state index >= 15 is 0 Å². The molecule has 1 heterocycles. The first-order valence-corrected chi connectivity index (χ1v) is 12.2. The lowest BCUT2D eigenvalue weighted by Crippen LogP contribution is -2.14. The van der Waals surface area contributed by atoms with E-state index in [1.54, 1.807) is 0 Å². The van der Waals surface area contributed by atoms with E-state index in [1.807, 2.05) is 71.3 Å². The molecule has 4 aromatic rings. The fourth-order valence-corrected chi connectivity index (χ4v) is 4.29. The largest absolute Gasteiger partial charge is 0.325 e. The number of carbonyl (C=O) groups excluding carboxylic acids is 1. The van der Waals surface area contributed by atoms with Gasteiger partial charge < -0.3 is 5.32 Å². The molecule has 0 saturated carbocycles. The zero-order valence-electron chi connectivity index (χ0n) is 18.5. The first kappa shape index (κ1) is 23.1. The van der Waals surface area contributed by atoms with Crippen LogP contribution in [0.3, 0.4) is 0 Å². The minimum Gasteiger partial charge on any atom is -0.325 e. The van der Waals surface area contributed by atoms with Crippen LogP contribution in [0.5, 0.6) is 0 Å². The van der Waals surface area contributed by atoms with Gasteiger partial charge in [0.2, 0.25) is 5.91 Å². The topological polar surface area (TPSA) is 59.8 Å². The third-order valence-electron chi connectivity index (χ3n) is 5.46.